The van der Waals surface area contributed by atoms with Crippen molar-refractivity contribution in [2.75, 3.05) is 4.81 Å². The lowest BCUT2D eigenvalue weighted by Gasteiger charge is -2.42. The predicted octanol–water partition coefficient (Wildman–Crippen LogP) is 12.1. The molecule has 0 bridgehead atoms. The van der Waals surface area contributed by atoms with Crippen LogP contribution < -0.4 is 15.7 Å². The van der Waals surface area contributed by atoms with Gasteiger partial charge in [0.25, 0.3) is 0 Å². The molecule has 11 rings (SSSR count). The number of fused-ring (bicyclic) bond motifs is 8. The second-order valence-electron chi connectivity index (χ2n) is 16.3. The first-order valence-corrected chi connectivity index (χ1v) is 19.1. The van der Waals surface area contributed by atoms with Crippen molar-refractivity contribution >= 4 is 61.7 Å². The zero-order chi connectivity index (χ0) is 36.3. The van der Waals surface area contributed by atoms with Gasteiger partial charge in [0, 0.05) is 33.4 Å². The maximum absolute atomic E-state index is 2.65. The Bertz CT molecular complexity index is 2970. The zero-order valence-corrected chi connectivity index (χ0v) is 31.1. The van der Waals surface area contributed by atoms with E-state index in [4.69, 9.17) is 0 Å². The molecule has 2 aliphatic heterocycles. The van der Waals surface area contributed by atoms with Crippen molar-refractivity contribution in [3.8, 4) is 39.1 Å². The van der Waals surface area contributed by atoms with Crippen LogP contribution in [0.3, 0.4) is 0 Å². The summed E-state index contributed by atoms with van der Waals surface area (Å²) < 4.78 is 2.58. The highest BCUT2D eigenvalue weighted by molar-refractivity contribution is 6.93. The second kappa shape index (κ2) is 11.3. The van der Waals surface area contributed by atoms with E-state index in [2.05, 4.69) is 201 Å². The Morgan fingerprint density at radius 2 is 1.15 bits per heavy atom. The molecule has 256 valence electrons. The first-order valence-electron chi connectivity index (χ1n) is 19.1. The van der Waals surface area contributed by atoms with E-state index in [9.17, 15) is 0 Å². The Morgan fingerprint density at radius 1 is 0.500 bits per heavy atom. The second-order valence-corrected chi connectivity index (χ2v) is 16.3. The Morgan fingerprint density at radius 3 is 1.85 bits per heavy atom. The van der Waals surface area contributed by atoms with E-state index < -0.39 is 0 Å². The van der Waals surface area contributed by atoms with Crippen molar-refractivity contribution < 1.29 is 0 Å². The fourth-order valence-electron chi connectivity index (χ4n) is 9.34. The maximum atomic E-state index is 2.65. The minimum Gasteiger partial charge on any atom is -0.376 e. The van der Waals surface area contributed by atoms with Crippen molar-refractivity contribution in [2.45, 2.75) is 33.1 Å². The van der Waals surface area contributed by atoms with Crippen LogP contribution in [0.1, 0.15) is 31.9 Å². The van der Waals surface area contributed by atoms with Gasteiger partial charge < -0.3 is 9.38 Å². The van der Waals surface area contributed by atoms with Gasteiger partial charge in [-0.3, -0.25) is 0 Å². The van der Waals surface area contributed by atoms with E-state index in [0.717, 1.165) is 0 Å². The van der Waals surface area contributed by atoms with E-state index in [-0.39, 0.29) is 12.3 Å². The minimum absolute atomic E-state index is 0.0404. The molecule has 0 atom stereocenters. The van der Waals surface area contributed by atoms with E-state index in [0.29, 0.717) is 0 Å². The molecule has 0 aliphatic carbocycles. The average molecular weight is 691 g/mol. The molecule has 9 aromatic rings. The van der Waals surface area contributed by atoms with E-state index in [1.165, 1.54) is 105 Å². The summed E-state index contributed by atoms with van der Waals surface area (Å²) in [7, 11) is 0. The largest absolute Gasteiger partial charge is 0.376 e. The first kappa shape index (κ1) is 31.2. The minimum atomic E-state index is -0.0404. The molecule has 0 saturated carbocycles. The average Bonchev–Trinajstić information content (AvgIpc) is 3.53. The summed E-state index contributed by atoms with van der Waals surface area (Å²) in [6.45, 7) is 9.11. The van der Waals surface area contributed by atoms with Crippen LogP contribution in [0.4, 0.5) is 11.4 Å². The summed E-state index contributed by atoms with van der Waals surface area (Å²) in [5, 5.41) is 5.09. The number of rotatable bonds is 3. The van der Waals surface area contributed by atoms with E-state index in [1.54, 1.807) is 0 Å². The van der Waals surface area contributed by atoms with Gasteiger partial charge in [0.15, 0.2) is 0 Å². The van der Waals surface area contributed by atoms with Crippen LogP contribution in [0.15, 0.2) is 164 Å². The maximum Gasteiger partial charge on any atom is 0.333 e. The molecule has 0 unspecified atom stereocenters. The monoisotopic (exact) mass is 690 g/mol. The standard InChI is InChI=1S/C51H39BN2/c1-32-25-43-41-27-35-17-11-12-18-36(35)31-47(41)54(40-22-20-39(21-23-40)51(2,3)4)52-45-30-38(34-15-9-6-10-16-34)29-44-42-28-37(33-13-7-5-8-14-33)19-24-46(42)53(50(44)45)48(26-32)49(43)52/h5-31H,1-4H3. The van der Waals surface area contributed by atoms with Gasteiger partial charge in [-0.2, -0.15) is 0 Å². The molecule has 2 aliphatic rings. The molecular formula is C51H39BN2. The highest BCUT2D eigenvalue weighted by Gasteiger charge is 2.44. The molecule has 0 spiro atoms. The third kappa shape index (κ3) is 4.54. The molecular weight excluding hydrogens is 651 g/mol. The Labute approximate surface area is 317 Å². The highest BCUT2D eigenvalue weighted by Crippen LogP contribution is 2.47. The van der Waals surface area contributed by atoms with Gasteiger partial charge in [0.2, 0.25) is 0 Å². The van der Waals surface area contributed by atoms with Gasteiger partial charge in [-0.05, 0) is 122 Å². The van der Waals surface area contributed by atoms with Gasteiger partial charge in [-0.15, -0.1) is 0 Å². The summed E-state index contributed by atoms with van der Waals surface area (Å²) >= 11 is 0. The normalized spacial score (nSPS) is 13.1. The van der Waals surface area contributed by atoms with Gasteiger partial charge >= 0.3 is 6.85 Å². The van der Waals surface area contributed by atoms with Crippen molar-refractivity contribution in [3.05, 3.63) is 175 Å². The predicted molar refractivity (Wildman–Crippen MR) is 232 cm³/mol. The number of hydrogen-bond acceptors (Lipinski definition) is 1. The molecule has 0 radical (unpaired) electrons. The summed E-state index contributed by atoms with van der Waals surface area (Å²) in [5.41, 5.74) is 19.2. The number of nitrogens with zero attached hydrogens (tertiary/aromatic N) is 2. The molecule has 3 heteroatoms. The number of benzene rings is 8. The van der Waals surface area contributed by atoms with Crippen molar-refractivity contribution in [1.29, 1.82) is 0 Å². The van der Waals surface area contributed by atoms with Gasteiger partial charge in [-0.25, -0.2) is 0 Å². The molecule has 0 amide bonds. The third-order valence-corrected chi connectivity index (χ3v) is 11.9. The molecule has 2 nitrogen and oxygen atoms in total. The summed E-state index contributed by atoms with van der Waals surface area (Å²) in [4.78, 5) is 2.65. The molecule has 0 fully saturated rings. The lowest BCUT2D eigenvalue weighted by atomic mass is 9.43. The Balaban J connectivity index is 1.29. The topological polar surface area (TPSA) is 8.17 Å². The number of aryl methyl sites for hydroxylation is 1. The van der Waals surface area contributed by atoms with Gasteiger partial charge in [0.05, 0.1) is 11.0 Å². The molecule has 0 saturated heterocycles. The number of aromatic nitrogens is 1. The highest BCUT2D eigenvalue weighted by atomic mass is 15.1. The number of hydrogen-bond donors (Lipinski definition) is 0. The van der Waals surface area contributed by atoms with Crippen LogP contribution in [-0.2, 0) is 5.41 Å². The molecule has 54 heavy (non-hydrogen) atoms. The van der Waals surface area contributed by atoms with E-state index in [1.807, 2.05) is 0 Å². The van der Waals surface area contributed by atoms with Crippen LogP contribution in [0.2, 0.25) is 0 Å². The van der Waals surface area contributed by atoms with E-state index >= 15 is 0 Å². The van der Waals surface area contributed by atoms with Crippen molar-refractivity contribution in [3.63, 3.8) is 0 Å². The van der Waals surface area contributed by atoms with Gasteiger partial charge in [-0.1, -0.05) is 136 Å². The van der Waals surface area contributed by atoms with Crippen molar-refractivity contribution in [2.24, 2.45) is 0 Å². The van der Waals surface area contributed by atoms with Crippen LogP contribution >= 0.6 is 0 Å². The van der Waals surface area contributed by atoms with Gasteiger partial charge in [0.1, 0.15) is 0 Å². The molecule has 8 aromatic carbocycles. The third-order valence-electron chi connectivity index (χ3n) is 11.9. The summed E-state index contributed by atoms with van der Waals surface area (Å²) in [6, 6.07) is 61.6. The fraction of sp³-hybridized carbons (Fsp3) is 0.0980. The lowest BCUT2D eigenvalue weighted by Crippen LogP contribution is -2.60. The van der Waals surface area contributed by atoms with Crippen LogP contribution in [0, 0.1) is 6.92 Å². The van der Waals surface area contributed by atoms with Crippen molar-refractivity contribution in [1.82, 2.24) is 4.57 Å². The SMILES string of the molecule is Cc1cc2c3c(c1)-n1c4ccc(-c5ccccc5)cc4c4cc(-c5ccccc5)cc(c41)B3N(c1ccc(C(C)(C)C)cc1)c1cc3ccccc3cc1-2. The quantitative estimate of drug-likeness (QED) is 0.168. The lowest BCUT2D eigenvalue weighted by molar-refractivity contribution is 0.590. The number of anilines is 2. The molecule has 1 aromatic heterocycles. The summed E-state index contributed by atoms with van der Waals surface area (Å²) in [5.74, 6) is 0. The molecule has 3 heterocycles. The van der Waals surface area contributed by atoms with Crippen LogP contribution in [0.5, 0.6) is 0 Å². The Kier molecular flexibility index (Phi) is 6.56. The van der Waals surface area contributed by atoms with Crippen LogP contribution in [0.25, 0.3) is 71.6 Å². The smallest absolute Gasteiger partial charge is 0.333 e. The Hall–Kier alpha value is -6.32. The molecule has 0 N–H and O–H groups in total. The fourth-order valence-corrected chi connectivity index (χ4v) is 9.34. The zero-order valence-electron chi connectivity index (χ0n) is 31.1. The summed E-state index contributed by atoms with van der Waals surface area (Å²) in [6.07, 6.45) is 0. The van der Waals surface area contributed by atoms with Crippen LogP contribution in [-0.4, -0.2) is 11.4 Å². The first-order chi connectivity index (χ1) is 26.3.